The van der Waals surface area contributed by atoms with Crippen molar-refractivity contribution in [1.82, 2.24) is 10.2 Å². The zero-order chi connectivity index (χ0) is 13.7. The second kappa shape index (κ2) is 6.56. The predicted molar refractivity (Wildman–Crippen MR) is 69.6 cm³/mol. The summed E-state index contributed by atoms with van der Waals surface area (Å²) in [7, 11) is 5.42. The number of methoxy groups -OCH3 is 1. The van der Waals surface area contributed by atoms with Gasteiger partial charge in [0.2, 0.25) is 5.76 Å². The number of nitrogens with one attached hydrogen (secondary N) is 1. The number of likely N-dealkylation sites (N-methyl/N-ethyl adjacent to an activating group) is 1. The fourth-order valence-electron chi connectivity index (χ4n) is 1.43. The highest BCUT2D eigenvalue weighted by Crippen LogP contribution is 2.16. The van der Waals surface area contributed by atoms with Crippen molar-refractivity contribution in [2.45, 2.75) is 25.9 Å². The molecule has 0 fully saturated rings. The molecular weight excluding hydrogens is 232 g/mol. The van der Waals surface area contributed by atoms with Gasteiger partial charge in [-0.25, -0.2) is 4.79 Å². The van der Waals surface area contributed by atoms with Gasteiger partial charge in [0.15, 0.2) is 0 Å². The van der Waals surface area contributed by atoms with Gasteiger partial charge in [-0.2, -0.15) is 0 Å². The standard InChI is InChI=1S/C13H22N2O3/c1-9(15(3)4)8-14-10(2)11-6-7-12(18-11)13(16)17-5/h6-7,9-10,14H,8H2,1-5H3. The van der Waals surface area contributed by atoms with Crippen molar-refractivity contribution in [3.05, 3.63) is 23.7 Å². The molecule has 0 aromatic carbocycles. The molecule has 1 aromatic heterocycles. The van der Waals surface area contributed by atoms with Crippen LogP contribution in [0.5, 0.6) is 0 Å². The van der Waals surface area contributed by atoms with Gasteiger partial charge in [-0.1, -0.05) is 0 Å². The molecule has 0 saturated carbocycles. The van der Waals surface area contributed by atoms with Crippen molar-refractivity contribution < 1.29 is 13.9 Å². The Hall–Kier alpha value is -1.33. The molecule has 1 rings (SSSR count). The molecule has 0 aliphatic heterocycles. The molecule has 18 heavy (non-hydrogen) atoms. The summed E-state index contributed by atoms with van der Waals surface area (Å²) in [4.78, 5) is 13.4. The van der Waals surface area contributed by atoms with Crippen molar-refractivity contribution >= 4 is 5.97 Å². The van der Waals surface area contributed by atoms with E-state index in [4.69, 9.17) is 4.42 Å². The summed E-state index contributed by atoms with van der Waals surface area (Å²) in [5.41, 5.74) is 0. The second-order valence-electron chi connectivity index (χ2n) is 4.64. The topological polar surface area (TPSA) is 54.7 Å². The second-order valence-corrected chi connectivity index (χ2v) is 4.64. The summed E-state index contributed by atoms with van der Waals surface area (Å²) in [5.74, 6) is 0.526. The first-order valence-corrected chi connectivity index (χ1v) is 6.03. The first kappa shape index (κ1) is 14.7. The Morgan fingerprint density at radius 2 is 2.11 bits per heavy atom. The van der Waals surface area contributed by atoms with E-state index in [9.17, 15) is 4.79 Å². The zero-order valence-corrected chi connectivity index (χ0v) is 11.7. The molecule has 1 N–H and O–H groups in total. The molecule has 102 valence electrons. The highest BCUT2D eigenvalue weighted by atomic mass is 16.5. The van der Waals surface area contributed by atoms with Crippen LogP contribution in [0.2, 0.25) is 0 Å². The highest BCUT2D eigenvalue weighted by Gasteiger charge is 2.15. The molecule has 0 radical (unpaired) electrons. The highest BCUT2D eigenvalue weighted by molar-refractivity contribution is 5.86. The number of hydrogen-bond acceptors (Lipinski definition) is 5. The number of carbonyl (C=O) groups excluding carboxylic acids is 1. The van der Waals surface area contributed by atoms with Crippen molar-refractivity contribution in [2.24, 2.45) is 0 Å². The van der Waals surface area contributed by atoms with Crippen LogP contribution in [-0.4, -0.2) is 44.7 Å². The fraction of sp³-hybridized carbons (Fsp3) is 0.615. The van der Waals surface area contributed by atoms with Crippen LogP contribution in [0.4, 0.5) is 0 Å². The Labute approximate surface area is 108 Å². The molecular formula is C13H22N2O3. The molecule has 1 aromatic rings. The Kier molecular flexibility index (Phi) is 5.37. The van der Waals surface area contributed by atoms with Crippen molar-refractivity contribution in [1.29, 1.82) is 0 Å². The number of rotatable bonds is 6. The first-order valence-electron chi connectivity index (χ1n) is 6.03. The van der Waals surface area contributed by atoms with E-state index in [0.29, 0.717) is 6.04 Å². The Bertz CT molecular complexity index is 387. The largest absolute Gasteiger partial charge is 0.463 e. The van der Waals surface area contributed by atoms with Gasteiger partial charge in [0.25, 0.3) is 0 Å². The Morgan fingerprint density at radius 3 is 2.67 bits per heavy atom. The third-order valence-electron chi connectivity index (χ3n) is 3.04. The minimum absolute atomic E-state index is 0.0609. The molecule has 0 amide bonds. The number of esters is 1. The van der Waals surface area contributed by atoms with Crippen LogP contribution in [0, 0.1) is 0 Å². The molecule has 1 heterocycles. The normalized spacial score (nSPS) is 14.6. The fourth-order valence-corrected chi connectivity index (χ4v) is 1.43. The van der Waals surface area contributed by atoms with Gasteiger partial charge in [0, 0.05) is 12.6 Å². The molecule has 0 aliphatic carbocycles. The van der Waals surface area contributed by atoms with Crippen molar-refractivity contribution in [2.75, 3.05) is 27.7 Å². The van der Waals surface area contributed by atoms with E-state index >= 15 is 0 Å². The maximum Gasteiger partial charge on any atom is 0.373 e. The maximum atomic E-state index is 11.3. The van der Waals surface area contributed by atoms with Crippen LogP contribution < -0.4 is 5.32 Å². The van der Waals surface area contributed by atoms with E-state index < -0.39 is 5.97 Å². The lowest BCUT2D eigenvalue weighted by Crippen LogP contribution is -2.36. The molecule has 2 unspecified atom stereocenters. The van der Waals surface area contributed by atoms with Gasteiger partial charge in [0.1, 0.15) is 5.76 Å². The molecule has 0 aliphatic rings. The smallest absolute Gasteiger partial charge is 0.373 e. The van der Waals surface area contributed by atoms with E-state index in [1.165, 1.54) is 7.11 Å². The number of ether oxygens (including phenoxy) is 1. The van der Waals surface area contributed by atoms with E-state index in [1.807, 2.05) is 21.0 Å². The van der Waals surface area contributed by atoms with Crippen LogP contribution in [-0.2, 0) is 4.74 Å². The Balaban J connectivity index is 2.54. The van der Waals surface area contributed by atoms with Gasteiger partial charge in [-0.05, 0) is 40.1 Å². The summed E-state index contributed by atoms with van der Waals surface area (Å²) in [6.45, 7) is 4.99. The third kappa shape index (κ3) is 3.85. The first-order chi connectivity index (χ1) is 8.45. The van der Waals surface area contributed by atoms with Crippen LogP contribution >= 0.6 is 0 Å². The lowest BCUT2D eigenvalue weighted by molar-refractivity contribution is 0.0562. The maximum absolute atomic E-state index is 11.3. The molecule has 2 atom stereocenters. The molecule has 5 heteroatoms. The van der Waals surface area contributed by atoms with Crippen molar-refractivity contribution in [3.8, 4) is 0 Å². The van der Waals surface area contributed by atoms with E-state index in [2.05, 4.69) is 21.9 Å². The number of carbonyl (C=O) groups is 1. The van der Waals surface area contributed by atoms with Gasteiger partial charge in [-0.15, -0.1) is 0 Å². The number of nitrogens with zero attached hydrogens (tertiary/aromatic N) is 1. The van der Waals surface area contributed by atoms with E-state index in [0.717, 1.165) is 12.3 Å². The minimum Gasteiger partial charge on any atom is -0.463 e. The number of hydrogen-bond donors (Lipinski definition) is 1. The third-order valence-corrected chi connectivity index (χ3v) is 3.04. The quantitative estimate of drug-likeness (QED) is 0.783. The summed E-state index contributed by atoms with van der Waals surface area (Å²) in [6, 6.07) is 3.92. The average molecular weight is 254 g/mol. The summed E-state index contributed by atoms with van der Waals surface area (Å²) in [6.07, 6.45) is 0. The summed E-state index contributed by atoms with van der Waals surface area (Å²) in [5, 5.41) is 3.36. The molecule has 5 nitrogen and oxygen atoms in total. The number of furan rings is 1. The van der Waals surface area contributed by atoms with E-state index in [1.54, 1.807) is 12.1 Å². The molecule has 0 saturated heterocycles. The van der Waals surface area contributed by atoms with Crippen LogP contribution in [0.1, 0.15) is 36.2 Å². The van der Waals surface area contributed by atoms with Crippen LogP contribution in [0.3, 0.4) is 0 Å². The Morgan fingerprint density at radius 1 is 1.44 bits per heavy atom. The van der Waals surface area contributed by atoms with Crippen molar-refractivity contribution in [3.63, 3.8) is 0 Å². The van der Waals surface area contributed by atoms with Crippen LogP contribution in [0.25, 0.3) is 0 Å². The summed E-state index contributed by atoms with van der Waals surface area (Å²) < 4.78 is 10.0. The lowest BCUT2D eigenvalue weighted by atomic mass is 10.2. The lowest BCUT2D eigenvalue weighted by Gasteiger charge is -2.22. The van der Waals surface area contributed by atoms with Gasteiger partial charge in [0.05, 0.1) is 13.2 Å². The van der Waals surface area contributed by atoms with Gasteiger partial charge >= 0.3 is 5.97 Å². The zero-order valence-electron chi connectivity index (χ0n) is 11.7. The average Bonchev–Trinajstić information content (AvgIpc) is 2.83. The monoisotopic (exact) mass is 254 g/mol. The van der Waals surface area contributed by atoms with Gasteiger partial charge in [-0.3, -0.25) is 0 Å². The molecule has 0 spiro atoms. The van der Waals surface area contributed by atoms with Gasteiger partial charge < -0.3 is 19.4 Å². The predicted octanol–water partition coefficient (Wildman–Crippen LogP) is 1.67. The van der Waals surface area contributed by atoms with Crippen LogP contribution in [0.15, 0.2) is 16.5 Å². The molecule has 0 bridgehead atoms. The minimum atomic E-state index is -0.449. The SMILES string of the molecule is COC(=O)c1ccc(C(C)NCC(C)N(C)C)o1. The summed E-state index contributed by atoms with van der Waals surface area (Å²) >= 11 is 0. The van der Waals surface area contributed by atoms with E-state index in [-0.39, 0.29) is 11.8 Å².